The van der Waals surface area contributed by atoms with Crippen molar-refractivity contribution < 1.29 is 0 Å². The number of piperazine rings is 1. The minimum absolute atomic E-state index is 0.697. The average Bonchev–Trinajstić information content (AvgIpc) is 2.47. The zero-order valence-corrected chi connectivity index (χ0v) is 12.7. The van der Waals surface area contributed by atoms with Crippen LogP contribution < -0.4 is 10.2 Å². The van der Waals surface area contributed by atoms with Crippen molar-refractivity contribution in [2.75, 3.05) is 44.2 Å². The van der Waals surface area contributed by atoms with Crippen molar-refractivity contribution in [2.45, 2.75) is 6.04 Å². The molecule has 0 saturated carbocycles. The fourth-order valence-electron chi connectivity index (χ4n) is 3.31. The molecule has 110 valence electrons. The van der Waals surface area contributed by atoms with E-state index in [-0.39, 0.29) is 0 Å². The number of benzene rings is 1. The number of hydrogen-bond acceptors (Lipinski definition) is 4. The highest BCUT2D eigenvalue weighted by molar-refractivity contribution is 6.31. The Labute approximate surface area is 129 Å². The van der Waals surface area contributed by atoms with Crippen LogP contribution >= 0.6 is 11.6 Å². The van der Waals surface area contributed by atoms with Gasteiger partial charge in [0.05, 0.1) is 5.52 Å². The Bertz CT molecular complexity index is 648. The van der Waals surface area contributed by atoms with E-state index in [0.29, 0.717) is 6.04 Å². The number of fused-ring (bicyclic) bond motifs is 1. The Hall–Kier alpha value is -1.36. The van der Waals surface area contributed by atoms with E-state index < -0.39 is 0 Å². The Balaban J connectivity index is 1.53. The fourth-order valence-corrected chi connectivity index (χ4v) is 3.48. The third kappa shape index (κ3) is 2.48. The van der Waals surface area contributed by atoms with Crippen LogP contribution in [-0.4, -0.2) is 55.2 Å². The van der Waals surface area contributed by atoms with E-state index in [9.17, 15) is 0 Å². The predicted octanol–water partition coefficient (Wildman–Crippen LogP) is 1.98. The lowest BCUT2D eigenvalue weighted by atomic mass is 10.0. The highest BCUT2D eigenvalue weighted by Gasteiger charge is 2.33. The monoisotopic (exact) mass is 302 g/mol. The smallest absolute Gasteiger partial charge is 0.0737 e. The normalized spacial score (nSPS) is 20.7. The van der Waals surface area contributed by atoms with Gasteiger partial charge in [-0.15, -0.1) is 0 Å². The molecule has 5 heteroatoms. The number of hydrogen-bond donors (Lipinski definition) is 1. The van der Waals surface area contributed by atoms with Crippen molar-refractivity contribution in [1.82, 2.24) is 15.2 Å². The van der Waals surface area contributed by atoms with E-state index in [1.54, 1.807) is 0 Å². The van der Waals surface area contributed by atoms with E-state index in [4.69, 9.17) is 11.6 Å². The molecule has 4 rings (SSSR count). The molecule has 2 aromatic rings. The molecular weight excluding hydrogens is 284 g/mol. The van der Waals surface area contributed by atoms with Crippen LogP contribution in [0.3, 0.4) is 0 Å². The maximum atomic E-state index is 6.06. The number of nitrogens with one attached hydrogen (secondary N) is 1. The van der Waals surface area contributed by atoms with Crippen molar-refractivity contribution in [1.29, 1.82) is 0 Å². The van der Waals surface area contributed by atoms with Crippen LogP contribution in [0.5, 0.6) is 0 Å². The summed E-state index contributed by atoms with van der Waals surface area (Å²) in [7, 11) is 0. The van der Waals surface area contributed by atoms with Crippen LogP contribution in [0.2, 0.25) is 5.02 Å². The van der Waals surface area contributed by atoms with Crippen molar-refractivity contribution in [3.05, 3.63) is 35.5 Å². The molecule has 3 heterocycles. The first-order valence-electron chi connectivity index (χ1n) is 7.55. The number of halogens is 1. The minimum Gasteiger partial charge on any atom is -0.368 e. The second kappa shape index (κ2) is 5.44. The van der Waals surface area contributed by atoms with Gasteiger partial charge in [-0.2, -0.15) is 0 Å². The van der Waals surface area contributed by atoms with Crippen molar-refractivity contribution in [3.8, 4) is 0 Å². The predicted molar refractivity (Wildman–Crippen MR) is 87.2 cm³/mol. The Morgan fingerprint density at radius 3 is 2.76 bits per heavy atom. The van der Waals surface area contributed by atoms with Gasteiger partial charge in [0, 0.05) is 67.6 Å². The molecule has 1 aromatic heterocycles. The van der Waals surface area contributed by atoms with E-state index in [2.05, 4.69) is 32.2 Å². The van der Waals surface area contributed by atoms with Crippen LogP contribution in [0.25, 0.3) is 10.9 Å². The fraction of sp³-hybridized carbons (Fsp3) is 0.438. The second-order valence-electron chi connectivity index (χ2n) is 5.84. The topological polar surface area (TPSA) is 31.4 Å². The standard InChI is InChI=1S/C16H19ClN4/c17-12-1-2-14-15(9-12)19-4-3-16(14)21-10-13(11-21)20-7-5-18-6-8-20/h1-4,9,13,18H,5-8,10-11H2. The lowest BCUT2D eigenvalue weighted by Gasteiger charge is -2.48. The summed E-state index contributed by atoms with van der Waals surface area (Å²) in [5.41, 5.74) is 2.26. The molecule has 0 unspecified atom stereocenters. The molecule has 0 bridgehead atoms. The zero-order valence-electron chi connectivity index (χ0n) is 11.9. The molecule has 0 aliphatic carbocycles. The summed E-state index contributed by atoms with van der Waals surface area (Å²) < 4.78 is 0. The molecule has 2 aliphatic heterocycles. The number of aromatic nitrogens is 1. The van der Waals surface area contributed by atoms with E-state index >= 15 is 0 Å². The van der Waals surface area contributed by atoms with Gasteiger partial charge < -0.3 is 10.2 Å². The molecule has 2 saturated heterocycles. The summed E-state index contributed by atoms with van der Waals surface area (Å²) in [6, 6.07) is 8.78. The van der Waals surface area contributed by atoms with Crippen molar-refractivity contribution in [3.63, 3.8) is 0 Å². The molecule has 0 atom stereocenters. The second-order valence-corrected chi connectivity index (χ2v) is 6.27. The molecule has 2 fully saturated rings. The number of pyridine rings is 1. The first kappa shape index (κ1) is 13.3. The quantitative estimate of drug-likeness (QED) is 0.919. The summed E-state index contributed by atoms with van der Waals surface area (Å²) in [6.07, 6.45) is 1.88. The molecule has 2 aliphatic rings. The van der Waals surface area contributed by atoms with Gasteiger partial charge in [0.25, 0.3) is 0 Å². The number of anilines is 1. The van der Waals surface area contributed by atoms with Crippen molar-refractivity contribution >= 4 is 28.2 Å². The van der Waals surface area contributed by atoms with Gasteiger partial charge in [-0.25, -0.2) is 0 Å². The van der Waals surface area contributed by atoms with Gasteiger partial charge in [-0.1, -0.05) is 11.6 Å². The van der Waals surface area contributed by atoms with Gasteiger partial charge in [-0.3, -0.25) is 9.88 Å². The summed E-state index contributed by atoms with van der Waals surface area (Å²) in [6.45, 7) is 6.81. The van der Waals surface area contributed by atoms with Gasteiger partial charge in [0.2, 0.25) is 0 Å². The lowest BCUT2D eigenvalue weighted by molar-refractivity contribution is 0.147. The minimum atomic E-state index is 0.697. The molecule has 4 nitrogen and oxygen atoms in total. The molecule has 0 radical (unpaired) electrons. The average molecular weight is 303 g/mol. The van der Waals surface area contributed by atoms with Crippen LogP contribution in [0.4, 0.5) is 5.69 Å². The van der Waals surface area contributed by atoms with Crippen LogP contribution in [0.1, 0.15) is 0 Å². The maximum Gasteiger partial charge on any atom is 0.0737 e. The van der Waals surface area contributed by atoms with Gasteiger partial charge in [-0.05, 0) is 24.3 Å². The maximum absolute atomic E-state index is 6.06. The summed E-state index contributed by atoms with van der Waals surface area (Å²) in [5.74, 6) is 0. The first-order valence-corrected chi connectivity index (χ1v) is 7.93. The van der Waals surface area contributed by atoms with Crippen LogP contribution in [-0.2, 0) is 0 Å². The molecule has 21 heavy (non-hydrogen) atoms. The number of rotatable bonds is 2. The number of nitrogens with zero attached hydrogens (tertiary/aromatic N) is 3. The van der Waals surface area contributed by atoms with E-state index in [1.807, 2.05) is 18.3 Å². The van der Waals surface area contributed by atoms with Crippen molar-refractivity contribution in [2.24, 2.45) is 0 Å². The van der Waals surface area contributed by atoms with Gasteiger partial charge >= 0.3 is 0 Å². The Morgan fingerprint density at radius 1 is 1.14 bits per heavy atom. The molecule has 1 aromatic carbocycles. The Kier molecular flexibility index (Phi) is 3.45. The molecule has 1 N–H and O–H groups in total. The Morgan fingerprint density at radius 2 is 1.95 bits per heavy atom. The third-order valence-electron chi connectivity index (χ3n) is 4.55. The molecular formula is C16H19ClN4. The van der Waals surface area contributed by atoms with Gasteiger partial charge in [0.15, 0.2) is 0 Å². The van der Waals surface area contributed by atoms with Crippen LogP contribution in [0.15, 0.2) is 30.5 Å². The lowest BCUT2D eigenvalue weighted by Crippen LogP contribution is -2.62. The summed E-state index contributed by atoms with van der Waals surface area (Å²) >= 11 is 6.06. The largest absolute Gasteiger partial charge is 0.368 e. The summed E-state index contributed by atoms with van der Waals surface area (Å²) in [4.78, 5) is 9.48. The van der Waals surface area contributed by atoms with E-state index in [1.165, 1.54) is 24.2 Å². The highest BCUT2D eigenvalue weighted by Crippen LogP contribution is 2.31. The van der Waals surface area contributed by atoms with Gasteiger partial charge in [0.1, 0.15) is 0 Å². The molecule has 0 amide bonds. The summed E-state index contributed by atoms with van der Waals surface area (Å²) in [5, 5.41) is 5.35. The van der Waals surface area contributed by atoms with Crippen LogP contribution in [0, 0.1) is 0 Å². The highest BCUT2D eigenvalue weighted by atomic mass is 35.5. The first-order chi connectivity index (χ1) is 10.3. The SMILES string of the molecule is Clc1ccc2c(N3CC(N4CCNCC4)C3)ccnc2c1. The van der Waals surface area contributed by atoms with E-state index in [0.717, 1.165) is 36.7 Å². The molecule has 0 spiro atoms. The third-order valence-corrected chi connectivity index (χ3v) is 4.79. The zero-order chi connectivity index (χ0) is 14.2.